The predicted octanol–water partition coefficient (Wildman–Crippen LogP) is 2.82. The number of rotatable bonds is 5. The van der Waals surface area contributed by atoms with Gasteiger partial charge in [0.1, 0.15) is 5.60 Å². The molecular formula is C14H20ClNO4S. The molecule has 1 rings (SSSR count). The number of hydrogen-bond acceptors (Lipinski definition) is 4. The second-order valence-electron chi connectivity index (χ2n) is 5.66. The summed E-state index contributed by atoms with van der Waals surface area (Å²) in [7, 11) is 1.69. The van der Waals surface area contributed by atoms with E-state index in [9.17, 15) is 13.2 Å². The number of benzene rings is 1. The molecule has 0 saturated carbocycles. The number of nitrogens with one attached hydrogen (secondary N) is 1. The van der Waals surface area contributed by atoms with E-state index in [0.717, 1.165) is 11.1 Å². The zero-order valence-electron chi connectivity index (χ0n) is 12.3. The minimum absolute atomic E-state index is 0.0932. The maximum Gasteiger partial charge on any atom is 0.407 e. The van der Waals surface area contributed by atoms with Crippen molar-refractivity contribution in [1.82, 2.24) is 5.32 Å². The summed E-state index contributed by atoms with van der Waals surface area (Å²) in [6, 6.07) is 7.28. The number of alkyl carbamates (subject to hydrolysis) is 1. The van der Waals surface area contributed by atoms with Crippen molar-refractivity contribution >= 4 is 25.8 Å². The molecule has 118 valence electrons. The highest BCUT2D eigenvalue weighted by atomic mass is 35.7. The second kappa shape index (κ2) is 7.13. The van der Waals surface area contributed by atoms with Gasteiger partial charge in [-0.1, -0.05) is 24.3 Å². The van der Waals surface area contributed by atoms with Crippen LogP contribution in [0.15, 0.2) is 24.3 Å². The van der Waals surface area contributed by atoms with E-state index in [-0.39, 0.29) is 5.75 Å². The molecule has 0 aromatic heterocycles. The fourth-order valence-corrected chi connectivity index (χ4v) is 2.26. The van der Waals surface area contributed by atoms with Crippen LogP contribution in [-0.2, 0) is 26.8 Å². The molecule has 0 bridgehead atoms. The van der Waals surface area contributed by atoms with Crippen molar-refractivity contribution < 1.29 is 17.9 Å². The zero-order valence-corrected chi connectivity index (χ0v) is 13.9. The molecule has 1 aromatic rings. The number of halogens is 1. The van der Waals surface area contributed by atoms with E-state index in [1.807, 2.05) is 24.3 Å². The summed E-state index contributed by atoms with van der Waals surface area (Å²) in [4.78, 5) is 11.5. The van der Waals surface area contributed by atoms with Crippen LogP contribution in [0.1, 0.15) is 31.9 Å². The van der Waals surface area contributed by atoms with Crippen molar-refractivity contribution in [3.63, 3.8) is 0 Å². The topological polar surface area (TPSA) is 72.5 Å². The smallest absolute Gasteiger partial charge is 0.407 e. The fourth-order valence-electron chi connectivity index (χ4n) is 1.55. The van der Waals surface area contributed by atoms with Gasteiger partial charge in [-0.05, 0) is 38.3 Å². The Hall–Kier alpha value is -1.27. The molecule has 0 aliphatic rings. The Morgan fingerprint density at radius 3 is 2.19 bits per heavy atom. The Morgan fingerprint density at radius 1 is 1.19 bits per heavy atom. The van der Waals surface area contributed by atoms with Gasteiger partial charge in [-0.2, -0.15) is 0 Å². The lowest BCUT2D eigenvalue weighted by Gasteiger charge is -2.19. The quantitative estimate of drug-likeness (QED) is 0.841. The lowest BCUT2D eigenvalue weighted by molar-refractivity contribution is 0.0523. The molecule has 21 heavy (non-hydrogen) atoms. The van der Waals surface area contributed by atoms with Gasteiger partial charge in [0.2, 0.25) is 9.05 Å². The first-order valence-corrected chi connectivity index (χ1v) is 9.00. The maximum absolute atomic E-state index is 11.5. The Labute approximate surface area is 130 Å². The van der Waals surface area contributed by atoms with E-state index in [1.54, 1.807) is 20.8 Å². The molecule has 0 aliphatic carbocycles. The Balaban J connectivity index is 2.46. The number of ether oxygens (including phenoxy) is 1. The SMILES string of the molecule is CC(C)(C)OC(=O)NCc1ccc(CCS(=O)(=O)Cl)cc1. The third kappa shape index (κ3) is 8.57. The van der Waals surface area contributed by atoms with Gasteiger partial charge in [-0.25, -0.2) is 13.2 Å². The average Bonchev–Trinajstić information content (AvgIpc) is 2.32. The van der Waals surface area contributed by atoms with Gasteiger partial charge in [0, 0.05) is 17.2 Å². The molecule has 0 radical (unpaired) electrons. The maximum atomic E-state index is 11.5. The molecule has 1 N–H and O–H groups in total. The van der Waals surface area contributed by atoms with Crippen molar-refractivity contribution in [2.24, 2.45) is 0 Å². The highest BCUT2D eigenvalue weighted by Crippen LogP contribution is 2.09. The van der Waals surface area contributed by atoms with Crippen LogP contribution in [0.25, 0.3) is 0 Å². The summed E-state index contributed by atoms with van der Waals surface area (Å²) in [5, 5.41) is 2.65. The first kappa shape index (κ1) is 17.8. The van der Waals surface area contributed by atoms with Crippen molar-refractivity contribution in [3.05, 3.63) is 35.4 Å². The minimum Gasteiger partial charge on any atom is -0.444 e. The van der Waals surface area contributed by atoms with E-state index in [4.69, 9.17) is 15.4 Å². The fraction of sp³-hybridized carbons (Fsp3) is 0.500. The number of amides is 1. The Bertz CT molecular complexity index is 576. The average molecular weight is 334 g/mol. The lowest BCUT2D eigenvalue weighted by atomic mass is 10.1. The molecule has 0 heterocycles. The highest BCUT2D eigenvalue weighted by Gasteiger charge is 2.15. The molecule has 5 nitrogen and oxygen atoms in total. The van der Waals surface area contributed by atoms with Crippen molar-refractivity contribution in [3.8, 4) is 0 Å². The number of aryl methyl sites for hydroxylation is 1. The van der Waals surface area contributed by atoms with Crippen LogP contribution in [-0.4, -0.2) is 25.9 Å². The van der Waals surface area contributed by atoms with Crippen molar-refractivity contribution in [2.75, 3.05) is 5.75 Å². The molecular weight excluding hydrogens is 314 g/mol. The highest BCUT2D eigenvalue weighted by molar-refractivity contribution is 8.13. The lowest BCUT2D eigenvalue weighted by Crippen LogP contribution is -2.32. The van der Waals surface area contributed by atoms with Gasteiger partial charge in [0.25, 0.3) is 0 Å². The summed E-state index contributed by atoms with van der Waals surface area (Å²) in [6.45, 7) is 5.74. The van der Waals surface area contributed by atoms with Crippen LogP contribution in [0.3, 0.4) is 0 Å². The largest absolute Gasteiger partial charge is 0.444 e. The summed E-state index contributed by atoms with van der Waals surface area (Å²) >= 11 is 0. The van der Waals surface area contributed by atoms with E-state index >= 15 is 0 Å². The molecule has 0 atom stereocenters. The van der Waals surface area contributed by atoms with Crippen molar-refractivity contribution in [1.29, 1.82) is 0 Å². The van der Waals surface area contributed by atoms with Gasteiger partial charge < -0.3 is 10.1 Å². The molecule has 0 fully saturated rings. The van der Waals surface area contributed by atoms with Crippen LogP contribution >= 0.6 is 10.7 Å². The van der Waals surface area contributed by atoms with Gasteiger partial charge in [-0.15, -0.1) is 0 Å². The Morgan fingerprint density at radius 2 is 1.71 bits per heavy atom. The standard InChI is InChI=1S/C14H20ClNO4S/c1-14(2,3)20-13(17)16-10-12-6-4-11(5-7-12)8-9-21(15,18)19/h4-7H,8-10H2,1-3H3,(H,16,17). The van der Waals surface area contributed by atoms with E-state index in [1.165, 1.54) is 0 Å². The van der Waals surface area contributed by atoms with Crippen molar-refractivity contribution in [2.45, 2.75) is 39.3 Å². The molecule has 1 amide bonds. The summed E-state index contributed by atoms with van der Waals surface area (Å²) in [5.74, 6) is -0.0932. The molecule has 0 spiro atoms. The van der Waals surface area contributed by atoms with Crippen LogP contribution in [0, 0.1) is 0 Å². The minimum atomic E-state index is -3.47. The third-order valence-electron chi connectivity index (χ3n) is 2.49. The van der Waals surface area contributed by atoms with Crippen LogP contribution in [0.5, 0.6) is 0 Å². The molecule has 0 saturated heterocycles. The first-order chi connectivity index (χ1) is 9.55. The molecule has 1 aromatic carbocycles. The second-order valence-corrected chi connectivity index (χ2v) is 8.56. The first-order valence-electron chi connectivity index (χ1n) is 6.52. The predicted molar refractivity (Wildman–Crippen MR) is 82.9 cm³/mol. The number of carbonyl (C=O) groups is 1. The number of hydrogen-bond donors (Lipinski definition) is 1. The van der Waals surface area contributed by atoms with E-state index < -0.39 is 20.7 Å². The monoisotopic (exact) mass is 333 g/mol. The summed E-state index contributed by atoms with van der Waals surface area (Å²) < 4.78 is 26.9. The normalized spacial score (nSPS) is 12.0. The molecule has 0 unspecified atom stereocenters. The number of carbonyl (C=O) groups excluding carboxylic acids is 1. The summed E-state index contributed by atoms with van der Waals surface area (Å²) in [6.07, 6.45) is -0.106. The Kier molecular flexibility index (Phi) is 6.04. The van der Waals surface area contributed by atoms with E-state index in [2.05, 4.69) is 5.32 Å². The zero-order chi connectivity index (χ0) is 16.1. The van der Waals surface area contributed by atoms with Crippen LogP contribution < -0.4 is 5.32 Å². The third-order valence-corrected chi connectivity index (χ3v) is 3.65. The van der Waals surface area contributed by atoms with Crippen LogP contribution in [0.4, 0.5) is 4.79 Å². The summed E-state index contributed by atoms with van der Waals surface area (Å²) in [5.41, 5.74) is 1.25. The van der Waals surface area contributed by atoms with Gasteiger partial charge in [0.15, 0.2) is 0 Å². The van der Waals surface area contributed by atoms with Crippen LogP contribution in [0.2, 0.25) is 0 Å². The van der Waals surface area contributed by atoms with E-state index in [0.29, 0.717) is 13.0 Å². The van der Waals surface area contributed by atoms with Gasteiger partial charge in [-0.3, -0.25) is 0 Å². The van der Waals surface area contributed by atoms with Gasteiger partial charge >= 0.3 is 6.09 Å². The van der Waals surface area contributed by atoms with Gasteiger partial charge in [0.05, 0.1) is 5.75 Å². The molecule has 7 heteroatoms. The molecule has 0 aliphatic heterocycles.